The van der Waals surface area contributed by atoms with Gasteiger partial charge in [0.25, 0.3) is 0 Å². The molecule has 0 aliphatic carbocycles. The van der Waals surface area contributed by atoms with Gasteiger partial charge in [-0.25, -0.2) is 0 Å². The van der Waals surface area contributed by atoms with E-state index in [4.69, 9.17) is 4.74 Å². The fourth-order valence-electron chi connectivity index (χ4n) is 1.91. The molecule has 1 aromatic heterocycles. The summed E-state index contributed by atoms with van der Waals surface area (Å²) in [6.45, 7) is 4.68. The van der Waals surface area contributed by atoms with Crippen molar-refractivity contribution >= 4 is 0 Å². The number of nitrogens with one attached hydrogen (secondary N) is 1. The largest absolute Gasteiger partial charge is 0.379 e. The van der Waals surface area contributed by atoms with E-state index in [1.807, 2.05) is 13.2 Å². The van der Waals surface area contributed by atoms with E-state index >= 15 is 0 Å². The normalized spacial score (nSPS) is 21.7. The van der Waals surface area contributed by atoms with Gasteiger partial charge in [0.1, 0.15) is 0 Å². The van der Waals surface area contributed by atoms with Crippen LogP contribution in [0.5, 0.6) is 0 Å². The topological polar surface area (TPSA) is 39.1 Å². The Kier molecular flexibility index (Phi) is 2.84. The van der Waals surface area contributed by atoms with Crippen molar-refractivity contribution in [3.8, 4) is 0 Å². The lowest BCUT2D eigenvalue weighted by molar-refractivity contribution is 0.184. The summed E-state index contributed by atoms with van der Waals surface area (Å²) in [5.74, 6) is 0. The van der Waals surface area contributed by atoms with Crippen LogP contribution in [0.3, 0.4) is 0 Å². The summed E-state index contributed by atoms with van der Waals surface area (Å²) < 4.78 is 7.46. The molecule has 14 heavy (non-hydrogen) atoms. The summed E-state index contributed by atoms with van der Waals surface area (Å²) >= 11 is 0. The van der Waals surface area contributed by atoms with E-state index in [9.17, 15) is 0 Å². The number of hydrogen-bond acceptors (Lipinski definition) is 3. The lowest BCUT2D eigenvalue weighted by Gasteiger charge is -2.11. The van der Waals surface area contributed by atoms with Crippen molar-refractivity contribution < 1.29 is 4.74 Å². The van der Waals surface area contributed by atoms with E-state index in [-0.39, 0.29) is 0 Å². The fraction of sp³-hybridized carbons (Fsp3) is 0.700. The predicted octanol–water partition coefficient (Wildman–Crippen LogP) is 0.872. The Morgan fingerprint density at radius 2 is 2.57 bits per heavy atom. The molecule has 1 N–H and O–H groups in total. The smallest absolute Gasteiger partial charge is 0.0777 e. The summed E-state index contributed by atoms with van der Waals surface area (Å²) in [6.07, 6.45) is 3.03. The summed E-state index contributed by atoms with van der Waals surface area (Å²) in [4.78, 5) is 0. The average Bonchev–Trinajstić information content (AvgIpc) is 2.77. The van der Waals surface area contributed by atoms with Crippen LogP contribution in [0.15, 0.2) is 6.20 Å². The maximum Gasteiger partial charge on any atom is 0.0777 e. The average molecular weight is 195 g/mol. The fourth-order valence-corrected chi connectivity index (χ4v) is 1.91. The molecule has 4 nitrogen and oxygen atoms in total. The molecule has 0 aromatic carbocycles. The molecule has 1 aromatic rings. The Morgan fingerprint density at radius 1 is 1.71 bits per heavy atom. The Morgan fingerprint density at radius 3 is 3.21 bits per heavy atom. The monoisotopic (exact) mass is 195 g/mol. The highest BCUT2D eigenvalue weighted by Crippen LogP contribution is 2.21. The summed E-state index contributed by atoms with van der Waals surface area (Å²) in [5, 5.41) is 7.56. The number of ether oxygens (including phenoxy) is 1. The first-order valence-corrected chi connectivity index (χ1v) is 5.08. The number of rotatable bonds is 3. The van der Waals surface area contributed by atoms with E-state index < -0.39 is 0 Å². The SMILES string of the molecule is CNCc1cnn(C2CCOC2)c1C. The second-order valence-electron chi connectivity index (χ2n) is 3.75. The second-order valence-corrected chi connectivity index (χ2v) is 3.75. The molecule has 1 saturated heterocycles. The maximum atomic E-state index is 5.36. The zero-order valence-corrected chi connectivity index (χ0v) is 8.79. The first kappa shape index (κ1) is 9.68. The van der Waals surface area contributed by atoms with Crippen LogP contribution in [-0.4, -0.2) is 30.0 Å². The van der Waals surface area contributed by atoms with Crippen LogP contribution < -0.4 is 5.32 Å². The standard InChI is InChI=1S/C10H17N3O/c1-8-9(5-11-2)6-12-13(8)10-3-4-14-7-10/h6,10-11H,3-5,7H2,1-2H3. The van der Waals surface area contributed by atoms with Crippen LogP contribution in [0, 0.1) is 6.92 Å². The van der Waals surface area contributed by atoms with E-state index in [0.29, 0.717) is 6.04 Å². The molecule has 2 rings (SSSR count). The van der Waals surface area contributed by atoms with Crippen LogP contribution >= 0.6 is 0 Å². The zero-order chi connectivity index (χ0) is 9.97. The van der Waals surface area contributed by atoms with E-state index in [0.717, 1.165) is 26.2 Å². The third-order valence-electron chi connectivity index (χ3n) is 2.77. The van der Waals surface area contributed by atoms with Gasteiger partial charge >= 0.3 is 0 Å². The third kappa shape index (κ3) is 1.67. The van der Waals surface area contributed by atoms with Crippen LogP contribution in [0.25, 0.3) is 0 Å². The third-order valence-corrected chi connectivity index (χ3v) is 2.77. The Labute approximate surface area is 84.3 Å². The van der Waals surface area contributed by atoms with Gasteiger partial charge < -0.3 is 10.1 Å². The molecular formula is C10H17N3O. The molecule has 0 bridgehead atoms. The van der Waals surface area contributed by atoms with Gasteiger partial charge in [-0.2, -0.15) is 5.10 Å². The summed E-state index contributed by atoms with van der Waals surface area (Å²) in [5.41, 5.74) is 2.54. The molecule has 0 amide bonds. The van der Waals surface area contributed by atoms with Gasteiger partial charge in [-0.15, -0.1) is 0 Å². The Balaban J connectivity index is 2.17. The molecule has 1 aliphatic heterocycles. The molecule has 1 atom stereocenters. The van der Waals surface area contributed by atoms with Crippen LogP contribution in [0.4, 0.5) is 0 Å². The van der Waals surface area contributed by atoms with Crippen LogP contribution in [-0.2, 0) is 11.3 Å². The minimum atomic E-state index is 0.445. The minimum absolute atomic E-state index is 0.445. The minimum Gasteiger partial charge on any atom is -0.379 e. The van der Waals surface area contributed by atoms with Crippen molar-refractivity contribution in [3.63, 3.8) is 0 Å². The maximum absolute atomic E-state index is 5.36. The molecule has 2 heterocycles. The van der Waals surface area contributed by atoms with Crippen molar-refractivity contribution in [2.24, 2.45) is 0 Å². The van der Waals surface area contributed by atoms with Gasteiger partial charge in [0.05, 0.1) is 18.8 Å². The number of nitrogens with zero attached hydrogens (tertiary/aromatic N) is 2. The van der Waals surface area contributed by atoms with Gasteiger partial charge in [0.15, 0.2) is 0 Å². The lowest BCUT2D eigenvalue weighted by Crippen LogP contribution is -2.13. The molecule has 1 aliphatic rings. The van der Waals surface area contributed by atoms with Crippen molar-refractivity contribution in [3.05, 3.63) is 17.5 Å². The lowest BCUT2D eigenvalue weighted by atomic mass is 10.2. The van der Waals surface area contributed by atoms with Gasteiger partial charge in [-0.3, -0.25) is 4.68 Å². The number of hydrogen-bond donors (Lipinski definition) is 1. The summed E-state index contributed by atoms with van der Waals surface area (Å²) in [7, 11) is 1.95. The quantitative estimate of drug-likeness (QED) is 0.778. The van der Waals surface area contributed by atoms with Crippen molar-refractivity contribution in [1.82, 2.24) is 15.1 Å². The van der Waals surface area contributed by atoms with Gasteiger partial charge in [-0.1, -0.05) is 0 Å². The molecule has 1 fully saturated rings. The van der Waals surface area contributed by atoms with Gasteiger partial charge in [-0.05, 0) is 20.4 Å². The van der Waals surface area contributed by atoms with Gasteiger partial charge in [0, 0.05) is 24.4 Å². The summed E-state index contributed by atoms with van der Waals surface area (Å²) in [6, 6.07) is 0.445. The predicted molar refractivity (Wildman–Crippen MR) is 54.2 cm³/mol. The van der Waals surface area contributed by atoms with E-state index in [1.165, 1.54) is 11.3 Å². The van der Waals surface area contributed by atoms with Crippen molar-refractivity contribution in [1.29, 1.82) is 0 Å². The van der Waals surface area contributed by atoms with Gasteiger partial charge in [0.2, 0.25) is 0 Å². The van der Waals surface area contributed by atoms with E-state index in [2.05, 4.69) is 22.0 Å². The molecule has 1 unspecified atom stereocenters. The van der Waals surface area contributed by atoms with E-state index in [1.54, 1.807) is 0 Å². The zero-order valence-electron chi connectivity index (χ0n) is 8.79. The highest BCUT2D eigenvalue weighted by molar-refractivity contribution is 5.16. The first-order valence-electron chi connectivity index (χ1n) is 5.08. The first-order chi connectivity index (χ1) is 6.83. The number of aromatic nitrogens is 2. The molecule has 0 radical (unpaired) electrons. The Hall–Kier alpha value is -0.870. The van der Waals surface area contributed by atoms with Crippen molar-refractivity contribution in [2.75, 3.05) is 20.3 Å². The molecule has 78 valence electrons. The molecule has 0 saturated carbocycles. The molecule has 4 heteroatoms. The molecular weight excluding hydrogens is 178 g/mol. The Bertz CT molecular complexity index is 302. The second kappa shape index (κ2) is 4.11. The highest BCUT2D eigenvalue weighted by atomic mass is 16.5. The highest BCUT2D eigenvalue weighted by Gasteiger charge is 2.20. The van der Waals surface area contributed by atoms with Crippen LogP contribution in [0.1, 0.15) is 23.7 Å². The van der Waals surface area contributed by atoms with Crippen LogP contribution in [0.2, 0.25) is 0 Å². The van der Waals surface area contributed by atoms with Crippen molar-refractivity contribution in [2.45, 2.75) is 25.9 Å². The molecule has 0 spiro atoms.